The molecule has 1 aliphatic rings. The Morgan fingerprint density at radius 1 is 0.875 bits per heavy atom. The molecule has 1 heterocycles. The van der Waals surface area contributed by atoms with E-state index in [2.05, 4.69) is 40.4 Å². The van der Waals surface area contributed by atoms with Crippen LogP contribution < -0.4 is 5.32 Å². The second kappa shape index (κ2) is 13.0. The van der Waals surface area contributed by atoms with Crippen LogP contribution in [-0.2, 0) is 20.8 Å². The number of hydrogen-bond donors (Lipinski definition) is 3. The van der Waals surface area contributed by atoms with Crippen LogP contribution in [-0.4, -0.2) is 77.6 Å². The van der Waals surface area contributed by atoms with E-state index >= 15 is 0 Å². The van der Waals surface area contributed by atoms with Gasteiger partial charge in [0.1, 0.15) is 0 Å². The molecule has 32 heavy (non-hydrogen) atoms. The van der Waals surface area contributed by atoms with E-state index in [9.17, 15) is 14.4 Å². The zero-order valence-electron chi connectivity index (χ0n) is 18.1. The van der Waals surface area contributed by atoms with Crippen LogP contribution in [0.4, 0.5) is 5.69 Å². The lowest BCUT2D eigenvalue weighted by Gasteiger charge is -2.31. The molecule has 2 aromatic rings. The molecule has 0 aliphatic carbocycles. The molecule has 0 spiro atoms. The quantitative estimate of drug-likeness (QED) is 0.567. The Morgan fingerprint density at radius 3 is 2.03 bits per heavy atom. The highest BCUT2D eigenvalue weighted by Crippen LogP contribution is 2.19. The third kappa shape index (κ3) is 9.55. The molecular weight excluding hydrogens is 410 g/mol. The largest absolute Gasteiger partial charge is 0.478 e. The minimum Gasteiger partial charge on any atom is -0.478 e. The second-order valence-corrected chi connectivity index (χ2v) is 7.46. The summed E-state index contributed by atoms with van der Waals surface area (Å²) < 4.78 is 0. The number of benzene rings is 2. The molecule has 8 nitrogen and oxygen atoms in total. The predicted octanol–water partition coefficient (Wildman–Crippen LogP) is 2.18. The van der Waals surface area contributed by atoms with Gasteiger partial charge in [-0.25, -0.2) is 9.59 Å². The number of carbonyl (C=O) groups is 3. The first-order chi connectivity index (χ1) is 15.3. The lowest BCUT2D eigenvalue weighted by atomic mass is 10.0. The Labute approximate surface area is 187 Å². The molecule has 0 atom stereocenters. The summed E-state index contributed by atoms with van der Waals surface area (Å²) in [5.74, 6) is -2.44. The van der Waals surface area contributed by atoms with Gasteiger partial charge in [-0.3, -0.25) is 9.69 Å². The summed E-state index contributed by atoms with van der Waals surface area (Å²) in [7, 11) is 2.12. The van der Waals surface area contributed by atoms with Crippen molar-refractivity contribution in [2.24, 2.45) is 0 Å². The Bertz CT molecular complexity index is 906. The van der Waals surface area contributed by atoms with E-state index in [1.165, 1.54) is 5.56 Å². The summed E-state index contributed by atoms with van der Waals surface area (Å²) in [5, 5.41) is 18.7. The first kappa shape index (κ1) is 24.8. The number of carboxylic acids is 2. The SMILES string of the molecule is CN1CCN(CC(=O)Nc2ccccc2Cc2ccccc2)CC1.O=C(O)/C=C\C(=O)O. The monoisotopic (exact) mass is 439 g/mol. The number of rotatable bonds is 7. The Kier molecular flexibility index (Phi) is 10.1. The van der Waals surface area contributed by atoms with Crippen LogP contribution >= 0.6 is 0 Å². The topological polar surface area (TPSA) is 110 Å². The van der Waals surface area contributed by atoms with E-state index in [0.29, 0.717) is 18.7 Å². The number of carboxylic acid groups (broad SMARTS) is 2. The van der Waals surface area contributed by atoms with E-state index in [4.69, 9.17) is 10.2 Å². The summed E-state index contributed by atoms with van der Waals surface area (Å²) in [5.41, 5.74) is 3.31. The van der Waals surface area contributed by atoms with Gasteiger partial charge in [-0.2, -0.15) is 0 Å². The molecule has 1 aliphatic heterocycles. The molecule has 170 valence electrons. The van der Waals surface area contributed by atoms with Crippen LogP contribution in [0, 0.1) is 0 Å². The van der Waals surface area contributed by atoms with Crippen LogP contribution in [0.25, 0.3) is 0 Å². The molecule has 0 saturated carbocycles. The number of hydrogen-bond acceptors (Lipinski definition) is 5. The highest BCUT2D eigenvalue weighted by Gasteiger charge is 2.17. The maximum absolute atomic E-state index is 12.4. The van der Waals surface area contributed by atoms with Crippen LogP contribution in [0.3, 0.4) is 0 Å². The first-order valence-electron chi connectivity index (χ1n) is 10.3. The van der Waals surface area contributed by atoms with Crippen molar-refractivity contribution in [2.45, 2.75) is 6.42 Å². The normalized spacial score (nSPS) is 14.4. The minimum absolute atomic E-state index is 0.0695. The summed E-state index contributed by atoms with van der Waals surface area (Å²) in [6, 6.07) is 18.4. The van der Waals surface area contributed by atoms with Crippen molar-refractivity contribution >= 4 is 23.5 Å². The molecule has 1 amide bonds. The zero-order valence-corrected chi connectivity index (χ0v) is 18.1. The third-order valence-electron chi connectivity index (χ3n) is 4.86. The highest BCUT2D eigenvalue weighted by molar-refractivity contribution is 5.93. The van der Waals surface area contributed by atoms with Crippen LogP contribution in [0.1, 0.15) is 11.1 Å². The Hall–Kier alpha value is -3.49. The number of carbonyl (C=O) groups excluding carboxylic acids is 1. The first-order valence-corrected chi connectivity index (χ1v) is 10.3. The number of nitrogens with one attached hydrogen (secondary N) is 1. The fourth-order valence-corrected chi connectivity index (χ4v) is 3.15. The zero-order chi connectivity index (χ0) is 23.3. The maximum atomic E-state index is 12.4. The molecule has 0 radical (unpaired) electrons. The molecule has 3 rings (SSSR count). The predicted molar refractivity (Wildman–Crippen MR) is 123 cm³/mol. The standard InChI is InChI=1S/C20H25N3O.C4H4O4/c1-22-11-13-23(14-12-22)16-20(24)21-19-10-6-5-9-18(19)15-17-7-3-2-4-8-17;5-3(6)1-2-4(7)8/h2-10H,11-16H2,1H3,(H,21,24);1-2H,(H,5,6)(H,7,8)/b;2-1-. The van der Waals surface area contributed by atoms with Gasteiger partial charge in [0.2, 0.25) is 5.91 Å². The lowest BCUT2D eigenvalue weighted by Crippen LogP contribution is -2.47. The molecule has 2 aromatic carbocycles. The molecular formula is C24H29N3O5. The number of amides is 1. The second-order valence-electron chi connectivity index (χ2n) is 7.46. The number of nitrogens with zero attached hydrogens (tertiary/aromatic N) is 2. The molecule has 1 fully saturated rings. The molecule has 8 heteroatoms. The van der Waals surface area contributed by atoms with Crippen molar-refractivity contribution in [3.63, 3.8) is 0 Å². The number of para-hydroxylation sites is 1. The van der Waals surface area contributed by atoms with Crippen LogP contribution in [0.5, 0.6) is 0 Å². The maximum Gasteiger partial charge on any atom is 0.328 e. The minimum atomic E-state index is -1.26. The van der Waals surface area contributed by atoms with E-state index in [-0.39, 0.29) is 5.91 Å². The van der Waals surface area contributed by atoms with Gasteiger partial charge in [-0.05, 0) is 30.7 Å². The third-order valence-corrected chi connectivity index (χ3v) is 4.86. The molecule has 0 bridgehead atoms. The van der Waals surface area contributed by atoms with E-state index in [1.807, 2.05) is 36.4 Å². The fourth-order valence-electron chi connectivity index (χ4n) is 3.15. The van der Waals surface area contributed by atoms with Crippen molar-refractivity contribution in [3.8, 4) is 0 Å². The van der Waals surface area contributed by atoms with Gasteiger partial charge in [0.15, 0.2) is 0 Å². The summed E-state index contributed by atoms with van der Waals surface area (Å²) in [4.78, 5) is 36.0. The average Bonchev–Trinajstić information content (AvgIpc) is 2.76. The average molecular weight is 440 g/mol. The number of piperazine rings is 1. The van der Waals surface area contributed by atoms with Crippen molar-refractivity contribution in [3.05, 3.63) is 77.9 Å². The van der Waals surface area contributed by atoms with E-state index in [0.717, 1.165) is 43.9 Å². The fraction of sp³-hybridized carbons (Fsp3) is 0.292. The summed E-state index contributed by atoms with van der Waals surface area (Å²) in [6.07, 6.45) is 1.94. The van der Waals surface area contributed by atoms with Crippen molar-refractivity contribution < 1.29 is 24.6 Å². The summed E-state index contributed by atoms with van der Waals surface area (Å²) >= 11 is 0. The van der Waals surface area contributed by atoms with Gasteiger partial charge in [-0.1, -0.05) is 48.5 Å². The van der Waals surface area contributed by atoms with E-state index < -0.39 is 11.9 Å². The molecule has 0 aromatic heterocycles. The van der Waals surface area contributed by atoms with Crippen LogP contribution in [0.15, 0.2) is 66.7 Å². The van der Waals surface area contributed by atoms with Gasteiger partial charge in [0.25, 0.3) is 0 Å². The van der Waals surface area contributed by atoms with E-state index in [1.54, 1.807) is 0 Å². The lowest BCUT2D eigenvalue weighted by molar-refractivity contribution is -0.134. The smallest absolute Gasteiger partial charge is 0.328 e. The van der Waals surface area contributed by atoms with Gasteiger partial charge < -0.3 is 20.4 Å². The molecule has 3 N–H and O–H groups in total. The number of anilines is 1. The molecule has 0 unspecified atom stereocenters. The van der Waals surface area contributed by atoms with Gasteiger partial charge in [0.05, 0.1) is 6.54 Å². The molecule has 1 saturated heterocycles. The van der Waals surface area contributed by atoms with Gasteiger partial charge in [-0.15, -0.1) is 0 Å². The Balaban J connectivity index is 0.000000390. The van der Waals surface area contributed by atoms with Crippen molar-refractivity contribution in [1.29, 1.82) is 0 Å². The van der Waals surface area contributed by atoms with Gasteiger partial charge >= 0.3 is 11.9 Å². The van der Waals surface area contributed by atoms with Crippen molar-refractivity contribution in [2.75, 3.05) is 45.1 Å². The number of likely N-dealkylation sites (N-methyl/N-ethyl adjacent to an activating group) is 1. The van der Waals surface area contributed by atoms with Crippen molar-refractivity contribution in [1.82, 2.24) is 9.80 Å². The highest BCUT2D eigenvalue weighted by atomic mass is 16.4. The summed E-state index contributed by atoms with van der Waals surface area (Å²) in [6.45, 7) is 4.43. The van der Waals surface area contributed by atoms with Gasteiger partial charge in [0, 0.05) is 44.0 Å². The number of aliphatic carboxylic acids is 2. The Morgan fingerprint density at radius 2 is 1.44 bits per heavy atom. The van der Waals surface area contributed by atoms with Crippen LogP contribution in [0.2, 0.25) is 0 Å².